The van der Waals surface area contributed by atoms with Crippen molar-refractivity contribution in [2.45, 2.75) is 125 Å². The standard InChI is InChI=1S/C27H48O2/c1-8-25(4,5)20-23(26(6,7)9-2)21-14-16-22(17-15-21)24(28)29-27(10-3)18-12-11-13-19-27/h14,16-17,21,23-24,28H,8-13,15,18-20H2,1-7H3. The zero-order chi connectivity index (χ0) is 21.7. The quantitative estimate of drug-likeness (QED) is 0.376. The summed E-state index contributed by atoms with van der Waals surface area (Å²) in [6.45, 7) is 16.5. The van der Waals surface area contributed by atoms with Crippen molar-refractivity contribution in [3.8, 4) is 0 Å². The van der Waals surface area contributed by atoms with Gasteiger partial charge >= 0.3 is 0 Å². The third-order valence-corrected chi connectivity index (χ3v) is 8.38. The average Bonchev–Trinajstić information content (AvgIpc) is 2.72. The Kier molecular flexibility index (Phi) is 8.62. The van der Waals surface area contributed by atoms with Crippen molar-refractivity contribution in [3.05, 3.63) is 23.8 Å². The van der Waals surface area contributed by atoms with Crippen molar-refractivity contribution in [3.63, 3.8) is 0 Å². The van der Waals surface area contributed by atoms with E-state index in [1.165, 1.54) is 38.5 Å². The molecule has 0 radical (unpaired) electrons. The molecule has 0 amide bonds. The first-order valence-corrected chi connectivity index (χ1v) is 12.3. The van der Waals surface area contributed by atoms with E-state index < -0.39 is 6.29 Å². The van der Waals surface area contributed by atoms with E-state index in [0.717, 1.165) is 31.3 Å². The average molecular weight is 405 g/mol. The zero-order valence-corrected chi connectivity index (χ0v) is 20.4. The van der Waals surface area contributed by atoms with Crippen molar-refractivity contribution in [1.29, 1.82) is 0 Å². The lowest BCUT2D eigenvalue weighted by Crippen LogP contribution is -2.39. The van der Waals surface area contributed by atoms with Crippen LogP contribution in [0.2, 0.25) is 0 Å². The van der Waals surface area contributed by atoms with E-state index in [1.54, 1.807) is 0 Å². The molecule has 0 bridgehead atoms. The summed E-state index contributed by atoms with van der Waals surface area (Å²) in [4.78, 5) is 0. The van der Waals surface area contributed by atoms with Crippen molar-refractivity contribution in [1.82, 2.24) is 0 Å². The minimum Gasteiger partial charge on any atom is -0.364 e. The maximum atomic E-state index is 10.8. The second-order valence-corrected chi connectivity index (χ2v) is 11.2. The molecule has 2 nitrogen and oxygen atoms in total. The fraction of sp³-hybridized carbons (Fsp3) is 0.852. The SMILES string of the molecule is CCC(C)(C)CC(C1C=CC(C(O)OC2(CC)CCCCC2)=CC1)C(C)(C)CC. The lowest BCUT2D eigenvalue weighted by atomic mass is 9.62. The lowest BCUT2D eigenvalue weighted by molar-refractivity contribution is -0.179. The summed E-state index contributed by atoms with van der Waals surface area (Å²) in [6.07, 6.45) is 17.6. The molecule has 29 heavy (non-hydrogen) atoms. The van der Waals surface area contributed by atoms with E-state index in [1.807, 2.05) is 0 Å². The van der Waals surface area contributed by atoms with Gasteiger partial charge in [0.15, 0.2) is 6.29 Å². The Morgan fingerprint density at radius 2 is 1.72 bits per heavy atom. The normalized spacial score (nSPS) is 24.8. The smallest absolute Gasteiger partial charge is 0.181 e. The first-order chi connectivity index (χ1) is 13.6. The van der Waals surface area contributed by atoms with Crippen LogP contribution in [0.5, 0.6) is 0 Å². The summed E-state index contributed by atoms with van der Waals surface area (Å²) in [6, 6.07) is 0. The number of hydrogen-bond acceptors (Lipinski definition) is 2. The van der Waals surface area contributed by atoms with Crippen LogP contribution in [0.1, 0.15) is 113 Å². The summed E-state index contributed by atoms with van der Waals surface area (Å²) in [7, 11) is 0. The summed E-state index contributed by atoms with van der Waals surface area (Å²) in [5.74, 6) is 1.19. The molecule has 0 spiro atoms. The van der Waals surface area contributed by atoms with Gasteiger partial charge in [0.2, 0.25) is 0 Å². The van der Waals surface area contributed by atoms with Crippen molar-refractivity contribution < 1.29 is 9.84 Å². The van der Waals surface area contributed by atoms with Crippen LogP contribution in [0.15, 0.2) is 23.8 Å². The van der Waals surface area contributed by atoms with Crippen LogP contribution >= 0.6 is 0 Å². The fourth-order valence-corrected chi connectivity index (χ4v) is 5.20. The molecule has 2 heteroatoms. The number of ether oxygens (including phenoxy) is 1. The molecule has 2 rings (SSSR count). The highest BCUT2D eigenvalue weighted by molar-refractivity contribution is 5.26. The number of aliphatic hydroxyl groups is 1. The lowest BCUT2D eigenvalue weighted by Gasteiger charge is -2.43. The second-order valence-electron chi connectivity index (χ2n) is 11.2. The van der Waals surface area contributed by atoms with Crippen molar-refractivity contribution in [2.24, 2.45) is 22.7 Å². The van der Waals surface area contributed by atoms with Gasteiger partial charge in [-0.15, -0.1) is 0 Å². The highest BCUT2D eigenvalue weighted by Crippen LogP contribution is 2.46. The zero-order valence-electron chi connectivity index (χ0n) is 20.4. The molecule has 1 N–H and O–H groups in total. The van der Waals surface area contributed by atoms with Crippen LogP contribution in [0.4, 0.5) is 0 Å². The molecule has 1 fully saturated rings. The molecule has 0 heterocycles. The molecular formula is C27H48O2. The van der Waals surface area contributed by atoms with Crippen LogP contribution < -0.4 is 0 Å². The van der Waals surface area contributed by atoms with Gasteiger partial charge in [0.25, 0.3) is 0 Å². The van der Waals surface area contributed by atoms with Gasteiger partial charge < -0.3 is 9.84 Å². The topological polar surface area (TPSA) is 29.5 Å². The van der Waals surface area contributed by atoms with E-state index >= 15 is 0 Å². The fourth-order valence-electron chi connectivity index (χ4n) is 5.20. The molecule has 2 aliphatic carbocycles. The van der Waals surface area contributed by atoms with Crippen molar-refractivity contribution in [2.75, 3.05) is 0 Å². The third kappa shape index (κ3) is 6.44. The molecule has 0 aliphatic heterocycles. The maximum absolute atomic E-state index is 10.8. The van der Waals surface area contributed by atoms with Gasteiger partial charge in [-0.1, -0.05) is 98.8 Å². The molecule has 0 aromatic heterocycles. The van der Waals surface area contributed by atoms with Crippen LogP contribution in [-0.4, -0.2) is 17.0 Å². The molecule has 168 valence electrons. The predicted octanol–water partition coefficient (Wildman–Crippen LogP) is 7.82. The van der Waals surface area contributed by atoms with Crippen LogP contribution in [-0.2, 0) is 4.74 Å². The van der Waals surface area contributed by atoms with Gasteiger partial charge in [0, 0.05) is 5.57 Å². The van der Waals surface area contributed by atoms with E-state index in [4.69, 9.17) is 4.74 Å². The third-order valence-electron chi connectivity index (χ3n) is 8.38. The second kappa shape index (κ2) is 10.1. The first kappa shape index (κ1) is 24.7. The minimum absolute atomic E-state index is 0.124. The van der Waals surface area contributed by atoms with E-state index in [0.29, 0.717) is 22.7 Å². The van der Waals surface area contributed by atoms with Crippen LogP contribution in [0.25, 0.3) is 0 Å². The Hall–Kier alpha value is -0.600. The molecule has 3 atom stereocenters. The maximum Gasteiger partial charge on any atom is 0.181 e. The Balaban J connectivity index is 2.07. The highest BCUT2D eigenvalue weighted by Gasteiger charge is 2.38. The molecule has 0 aromatic carbocycles. The molecule has 1 saturated carbocycles. The first-order valence-electron chi connectivity index (χ1n) is 12.3. The van der Waals surface area contributed by atoms with Gasteiger partial charge in [0.1, 0.15) is 0 Å². The Morgan fingerprint density at radius 3 is 2.21 bits per heavy atom. The molecule has 3 unspecified atom stereocenters. The van der Waals surface area contributed by atoms with E-state index in [2.05, 4.69) is 66.7 Å². The summed E-state index contributed by atoms with van der Waals surface area (Å²) in [5.41, 5.74) is 1.52. The monoisotopic (exact) mass is 404 g/mol. The Morgan fingerprint density at radius 1 is 1.07 bits per heavy atom. The largest absolute Gasteiger partial charge is 0.364 e. The van der Waals surface area contributed by atoms with Gasteiger partial charge in [0.05, 0.1) is 5.60 Å². The van der Waals surface area contributed by atoms with Gasteiger partial charge in [-0.3, -0.25) is 0 Å². The number of aliphatic hydroxyl groups excluding tert-OH is 1. The molecule has 2 aliphatic rings. The van der Waals surface area contributed by atoms with Crippen molar-refractivity contribution >= 4 is 0 Å². The summed E-state index contributed by atoms with van der Waals surface area (Å²) in [5, 5.41) is 10.8. The van der Waals surface area contributed by atoms with Gasteiger partial charge in [-0.25, -0.2) is 0 Å². The van der Waals surface area contributed by atoms with Crippen LogP contribution in [0.3, 0.4) is 0 Å². The molecule has 0 aromatic rings. The van der Waals surface area contributed by atoms with E-state index in [9.17, 15) is 5.11 Å². The number of hydrogen-bond donors (Lipinski definition) is 1. The molecule has 0 saturated heterocycles. The summed E-state index contributed by atoms with van der Waals surface area (Å²) >= 11 is 0. The highest BCUT2D eigenvalue weighted by atomic mass is 16.6. The van der Waals surface area contributed by atoms with Crippen LogP contribution in [0, 0.1) is 22.7 Å². The Bertz CT molecular complexity index is 563. The van der Waals surface area contributed by atoms with Gasteiger partial charge in [-0.05, 0) is 54.8 Å². The number of allylic oxidation sites excluding steroid dienone is 2. The number of rotatable bonds is 10. The molecular weight excluding hydrogens is 356 g/mol. The van der Waals surface area contributed by atoms with Gasteiger partial charge in [-0.2, -0.15) is 0 Å². The predicted molar refractivity (Wildman–Crippen MR) is 125 cm³/mol. The van der Waals surface area contributed by atoms with E-state index in [-0.39, 0.29) is 5.60 Å². The Labute approximate surface area is 181 Å². The summed E-state index contributed by atoms with van der Waals surface area (Å²) < 4.78 is 6.29. The minimum atomic E-state index is -0.782.